The first kappa shape index (κ1) is 25.5. The van der Waals surface area contributed by atoms with Crippen molar-refractivity contribution in [1.29, 1.82) is 5.26 Å². The highest BCUT2D eigenvalue weighted by molar-refractivity contribution is 5.85. The Kier molecular flexibility index (Phi) is 7.48. The quantitative estimate of drug-likeness (QED) is 0.319. The first-order chi connectivity index (χ1) is 17.0. The third-order valence-electron chi connectivity index (χ3n) is 6.53. The maximum Gasteiger partial charge on any atom is 0.165 e. The number of benzene rings is 2. The molecule has 0 saturated heterocycles. The van der Waals surface area contributed by atoms with Crippen LogP contribution in [-0.4, -0.2) is 28.3 Å². The average molecular weight is 504 g/mol. The van der Waals surface area contributed by atoms with Crippen LogP contribution in [0.15, 0.2) is 42.5 Å². The Morgan fingerprint density at radius 2 is 1.92 bits per heavy atom. The zero-order valence-corrected chi connectivity index (χ0v) is 21.9. The zero-order chi connectivity index (χ0) is 24.5. The molecule has 0 fully saturated rings. The van der Waals surface area contributed by atoms with E-state index in [2.05, 4.69) is 30.9 Å². The molecule has 36 heavy (non-hydrogen) atoms. The van der Waals surface area contributed by atoms with Crippen molar-refractivity contribution in [2.24, 2.45) is 0 Å². The summed E-state index contributed by atoms with van der Waals surface area (Å²) in [6, 6.07) is 16.1. The zero-order valence-electron chi connectivity index (χ0n) is 21.0. The molecule has 0 saturated carbocycles. The van der Waals surface area contributed by atoms with Crippen LogP contribution in [0.5, 0.6) is 5.75 Å². The number of halogens is 1. The van der Waals surface area contributed by atoms with Crippen molar-refractivity contribution in [1.82, 2.24) is 14.6 Å². The highest BCUT2D eigenvalue weighted by atomic mass is 35.5. The number of anilines is 1. The summed E-state index contributed by atoms with van der Waals surface area (Å²) in [4.78, 5) is 7.41. The van der Waals surface area contributed by atoms with Gasteiger partial charge in [-0.2, -0.15) is 14.9 Å². The van der Waals surface area contributed by atoms with Crippen LogP contribution < -0.4 is 9.64 Å². The van der Waals surface area contributed by atoms with Crippen molar-refractivity contribution >= 4 is 23.9 Å². The lowest BCUT2D eigenvalue weighted by atomic mass is 10.0. The molecule has 4 aromatic rings. The summed E-state index contributed by atoms with van der Waals surface area (Å²) in [5.41, 5.74) is 8.91. The Bertz CT molecular complexity index is 1440. The number of fused-ring (bicyclic) bond motifs is 2. The number of hydrogen-bond donors (Lipinski definition) is 0. The standard InChI is InChI=1S/C28H29N5O2.ClH/c1-5-12-32(15-21-8-6-20(14-29)7-9-21)28-24-16-35-17-25(24)30-27-26(19(3)31-33(27)28)23-11-10-22(34-4)13-18(23)2;/h6-11,13H,5,12,15-17H2,1-4H3;1H. The second-order valence-electron chi connectivity index (χ2n) is 8.96. The van der Waals surface area contributed by atoms with E-state index in [9.17, 15) is 0 Å². The van der Waals surface area contributed by atoms with Crippen LogP contribution >= 0.6 is 12.4 Å². The number of aromatic nitrogens is 3. The first-order valence-electron chi connectivity index (χ1n) is 11.9. The number of ether oxygens (including phenoxy) is 2. The predicted molar refractivity (Wildman–Crippen MR) is 143 cm³/mol. The lowest BCUT2D eigenvalue weighted by molar-refractivity contribution is 0.133. The smallest absolute Gasteiger partial charge is 0.165 e. The SMILES string of the molecule is CCCN(Cc1ccc(C#N)cc1)c1c2c(nc3c(-c4ccc(OC)cc4C)c(C)nn13)COC2.Cl. The van der Waals surface area contributed by atoms with Gasteiger partial charge in [0.05, 0.1) is 43.3 Å². The number of nitriles is 1. The van der Waals surface area contributed by atoms with Crippen molar-refractivity contribution in [3.05, 3.63) is 76.1 Å². The van der Waals surface area contributed by atoms with Crippen LogP contribution in [0.1, 0.15) is 47.0 Å². The van der Waals surface area contributed by atoms with E-state index in [4.69, 9.17) is 24.8 Å². The fourth-order valence-corrected chi connectivity index (χ4v) is 4.85. The second-order valence-corrected chi connectivity index (χ2v) is 8.96. The van der Waals surface area contributed by atoms with Gasteiger partial charge in [0.15, 0.2) is 5.65 Å². The Morgan fingerprint density at radius 3 is 2.58 bits per heavy atom. The number of methoxy groups -OCH3 is 1. The normalized spacial score (nSPS) is 12.2. The highest BCUT2D eigenvalue weighted by Crippen LogP contribution is 2.37. The lowest BCUT2D eigenvalue weighted by Gasteiger charge is -2.27. The number of nitrogens with zero attached hydrogens (tertiary/aromatic N) is 5. The van der Waals surface area contributed by atoms with Gasteiger partial charge < -0.3 is 14.4 Å². The molecule has 2 aromatic carbocycles. The molecule has 0 aliphatic carbocycles. The van der Waals surface area contributed by atoms with Gasteiger partial charge in [0.2, 0.25) is 0 Å². The summed E-state index contributed by atoms with van der Waals surface area (Å²) in [6.45, 7) is 8.91. The molecule has 186 valence electrons. The fraction of sp³-hybridized carbons (Fsp3) is 0.321. The van der Waals surface area contributed by atoms with Crippen LogP contribution in [0.3, 0.4) is 0 Å². The van der Waals surface area contributed by atoms with Gasteiger partial charge in [0.1, 0.15) is 11.6 Å². The Morgan fingerprint density at radius 1 is 1.14 bits per heavy atom. The fourth-order valence-electron chi connectivity index (χ4n) is 4.85. The van der Waals surface area contributed by atoms with Crippen molar-refractivity contribution in [2.45, 2.75) is 47.0 Å². The number of rotatable bonds is 7. The van der Waals surface area contributed by atoms with E-state index in [-0.39, 0.29) is 12.4 Å². The summed E-state index contributed by atoms with van der Waals surface area (Å²) in [5, 5.41) is 14.2. The van der Waals surface area contributed by atoms with Crippen LogP contribution in [0, 0.1) is 25.2 Å². The van der Waals surface area contributed by atoms with Crippen LogP contribution in [0.25, 0.3) is 16.8 Å². The molecule has 3 heterocycles. The third-order valence-corrected chi connectivity index (χ3v) is 6.53. The third kappa shape index (κ3) is 4.50. The first-order valence-corrected chi connectivity index (χ1v) is 11.9. The molecule has 5 rings (SSSR count). The van der Waals surface area contributed by atoms with E-state index < -0.39 is 0 Å². The Hall–Kier alpha value is -3.60. The van der Waals surface area contributed by atoms with E-state index in [0.717, 1.165) is 69.4 Å². The maximum absolute atomic E-state index is 9.17. The monoisotopic (exact) mass is 503 g/mol. The highest BCUT2D eigenvalue weighted by Gasteiger charge is 2.28. The van der Waals surface area contributed by atoms with Gasteiger partial charge >= 0.3 is 0 Å². The average Bonchev–Trinajstić information content (AvgIpc) is 3.46. The molecule has 0 amide bonds. The van der Waals surface area contributed by atoms with Crippen molar-refractivity contribution in [3.8, 4) is 22.9 Å². The predicted octanol–water partition coefficient (Wildman–Crippen LogP) is 5.76. The summed E-state index contributed by atoms with van der Waals surface area (Å²) < 4.78 is 13.3. The van der Waals surface area contributed by atoms with Gasteiger partial charge in [-0.1, -0.05) is 25.1 Å². The maximum atomic E-state index is 9.17. The van der Waals surface area contributed by atoms with Gasteiger partial charge in [-0.05, 0) is 61.2 Å². The van der Waals surface area contributed by atoms with E-state index in [0.29, 0.717) is 25.3 Å². The van der Waals surface area contributed by atoms with Gasteiger partial charge in [0.25, 0.3) is 0 Å². The van der Waals surface area contributed by atoms with Gasteiger partial charge in [-0.15, -0.1) is 12.4 Å². The molecule has 8 heteroatoms. The molecule has 7 nitrogen and oxygen atoms in total. The second kappa shape index (κ2) is 10.6. The number of hydrogen-bond acceptors (Lipinski definition) is 6. The molecule has 0 spiro atoms. The van der Waals surface area contributed by atoms with E-state index >= 15 is 0 Å². The minimum atomic E-state index is 0. The van der Waals surface area contributed by atoms with Crippen LogP contribution in [-0.2, 0) is 24.5 Å². The summed E-state index contributed by atoms with van der Waals surface area (Å²) >= 11 is 0. The van der Waals surface area contributed by atoms with E-state index in [1.54, 1.807) is 7.11 Å². The summed E-state index contributed by atoms with van der Waals surface area (Å²) in [5.74, 6) is 1.87. The molecule has 0 atom stereocenters. The van der Waals surface area contributed by atoms with Crippen LogP contribution in [0.2, 0.25) is 0 Å². The van der Waals surface area contributed by atoms with Crippen molar-refractivity contribution in [2.75, 3.05) is 18.6 Å². The van der Waals surface area contributed by atoms with Crippen molar-refractivity contribution < 1.29 is 9.47 Å². The van der Waals surface area contributed by atoms with Gasteiger partial charge in [-0.25, -0.2) is 4.98 Å². The molecular weight excluding hydrogens is 474 g/mol. The topological polar surface area (TPSA) is 75.7 Å². The number of aryl methyl sites for hydroxylation is 2. The minimum Gasteiger partial charge on any atom is -0.497 e. The molecule has 1 aliphatic heterocycles. The lowest BCUT2D eigenvalue weighted by Crippen LogP contribution is -2.27. The Balaban J connectivity index is 0.00000304. The molecule has 0 radical (unpaired) electrons. The molecular formula is C28H30ClN5O2. The summed E-state index contributed by atoms with van der Waals surface area (Å²) in [6.07, 6.45) is 0.987. The molecule has 0 unspecified atom stereocenters. The van der Waals surface area contributed by atoms with Crippen molar-refractivity contribution in [3.63, 3.8) is 0 Å². The summed E-state index contributed by atoms with van der Waals surface area (Å²) in [7, 11) is 1.68. The van der Waals surface area contributed by atoms with E-state index in [1.165, 1.54) is 0 Å². The largest absolute Gasteiger partial charge is 0.497 e. The van der Waals surface area contributed by atoms with E-state index in [1.807, 2.05) is 47.8 Å². The van der Waals surface area contributed by atoms with Gasteiger partial charge in [-0.3, -0.25) is 0 Å². The van der Waals surface area contributed by atoms with Crippen LogP contribution in [0.4, 0.5) is 5.82 Å². The van der Waals surface area contributed by atoms with Gasteiger partial charge in [0, 0.05) is 24.2 Å². The minimum absolute atomic E-state index is 0. The molecule has 0 bridgehead atoms. The molecule has 2 aromatic heterocycles. The molecule has 1 aliphatic rings. The Labute approximate surface area is 217 Å². The molecule has 0 N–H and O–H groups in total.